The summed E-state index contributed by atoms with van der Waals surface area (Å²) in [6.45, 7) is 2.10. The van der Waals surface area contributed by atoms with Crippen LogP contribution < -0.4 is 10.0 Å². The van der Waals surface area contributed by atoms with Crippen LogP contribution in [-0.4, -0.2) is 48.6 Å². The molecule has 8 heteroatoms. The molecular weight excluding hydrogens is 278 g/mol. The second-order valence-electron chi connectivity index (χ2n) is 5.64. The van der Waals surface area contributed by atoms with Gasteiger partial charge in [0.05, 0.1) is 11.9 Å². The van der Waals surface area contributed by atoms with Gasteiger partial charge in [-0.15, -0.1) is 0 Å². The summed E-state index contributed by atoms with van der Waals surface area (Å²) >= 11 is 0. The lowest BCUT2D eigenvalue weighted by Gasteiger charge is -2.32. The Kier molecular flexibility index (Phi) is 3.95. The van der Waals surface area contributed by atoms with E-state index in [1.807, 2.05) is 0 Å². The Morgan fingerprint density at radius 3 is 2.95 bits per heavy atom. The van der Waals surface area contributed by atoms with Gasteiger partial charge in [0.2, 0.25) is 0 Å². The predicted octanol–water partition coefficient (Wildman–Crippen LogP) is 0.530. The van der Waals surface area contributed by atoms with E-state index in [0.29, 0.717) is 30.7 Å². The summed E-state index contributed by atoms with van der Waals surface area (Å²) in [5, 5.41) is 9.83. The van der Waals surface area contributed by atoms with E-state index in [9.17, 15) is 8.42 Å². The maximum Gasteiger partial charge on any atom is 0.301 e. The lowest BCUT2D eigenvalue weighted by atomic mass is 10.00. The minimum Gasteiger partial charge on any atom is -0.314 e. The number of hydrogen-bond donors (Lipinski definition) is 3. The molecule has 7 nitrogen and oxygen atoms in total. The number of H-pyrrole nitrogens is 1. The quantitative estimate of drug-likeness (QED) is 0.715. The fourth-order valence-electron chi connectivity index (χ4n) is 2.55. The number of nitrogens with zero attached hydrogens (tertiary/aromatic N) is 2. The van der Waals surface area contributed by atoms with Crippen molar-refractivity contribution in [3.8, 4) is 0 Å². The van der Waals surface area contributed by atoms with Crippen molar-refractivity contribution in [1.29, 1.82) is 0 Å². The van der Waals surface area contributed by atoms with Gasteiger partial charge in [0, 0.05) is 25.3 Å². The molecule has 0 amide bonds. The van der Waals surface area contributed by atoms with Crippen molar-refractivity contribution in [2.24, 2.45) is 5.92 Å². The fourth-order valence-corrected chi connectivity index (χ4v) is 3.87. The van der Waals surface area contributed by atoms with E-state index in [0.717, 1.165) is 19.4 Å². The van der Waals surface area contributed by atoms with Crippen molar-refractivity contribution in [2.75, 3.05) is 24.4 Å². The van der Waals surface area contributed by atoms with Gasteiger partial charge >= 0.3 is 10.2 Å². The maximum atomic E-state index is 12.3. The highest BCUT2D eigenvalue weighted by atomic mass is 32.2. The van der Waals surface area contributed by atoms with Gasteiger partial charge < -0.3 is 5.32 Å². The van der Waals surface area contributed by atoms with Gasteiger partial charge in [0.25, 0.3) is 0 Å². The molecule has 1 aromatic heterocycles. The molecule has 0 aromatic carbocycles. The first kappa shape index (κ1) is 13.8. The number of hydrogen-bond acceptors (Lipinski definition) is 4. The van der Waals surface area contributed by atoms with E-state index in [4.69, 9.17) is 0 Å². The minimum absolute atomic E-state index is 0.408. The van der Waals surface area contributed by atoms with Crippen molar-refractivity contribution in [3.63, 3.8) is 0 Å². The van der Waals surface area contributed by atoms with Gasteiger partial charge in [-0.1, -0.05) is 0 Å². The van der Waals surface area contributed by atoms with E-state index in [1.165, 1.54) is 25.2 Å². The van der Waals surface area contributed by atoms with Crippen molar-refractivity contribution in [3.05, 3.63) is 12.4 Å². The van der Waals surface area contributed by atoms with Crippen molar-refractivity contribution < 1.29 is 8.42 Å². The van der Waals surface area contributed by atoms with Crippen LogP contribution in [0.2, 0.25) is 0 Å². The lowest BCUT2D eigenvalue weighted by molar-refractivity contribution is 0.261. The molecule has 20 heavy (non-hydrogen) atoms. The van der Waals surface area contributed by atoms with Crippen molar-refractivity contribution >= 4 is 15.9 Å². The van der Waals surface area contributed by atoms with Crippen LogP contribution in [0, 0.1) is 5.92 Å². The molecule has 2 heterocycles. The van der Waals surface area contributed by atoms with Crippen LogP contribution in [0.4, 0.5) is 5.69 Å². The summed E-state index contributed by atoms with van der Waals surface area (Å²) < 4.78 is 28.7. The Hall–Kier alpha value is -1.12. The highest BCUT2D eigenvalue weighted by molar-refractivity contribution is 7.90. The largest absolute Gasteiger partial charge is 0.314 e. The summed E-state index contributed by atoms with van der Waals surface area (Å²) in [4.78, 5) is 0. The van der Waals surface area contributed by atoms with Crippen LogP contribution in [0.15, 0.2) is 12.4 Å². The minimum atomic E-state index is -3.47. The third-order valence-electron chi connectivity index (χ3n) is 3.84. The van der Waals surface area contributed by atoms with E-state index in [1.54, 1.807) is 4.31 Å². The Labute approximate surface area is 119 Å². The number of aromatic amines is 1. The normalized spacial score (nSPS) is 24.7. The fraction of sp³-hybridized carbons (Fsp3) is 0.750. The predicted molar refractivity (Wildman–Crippen MR) is 76.5 cm³/mol. The van der Waals surface area contributed by atoms with Gasteiger partial charge in [0.1, 0.15) is 0 Å². The van der Waals surface area contributed by atoms with Gasteiger partial charge in [-0.25, -0.2) is 0 Å². The standard InChI is InChI=1S/C12H21N5O2S/c18-20(19,16-12-7-14-15-8-12)17-5-1-2-10(9-17)6-13-11-3-4-11/h7-8,10-11,13,16H,1-6,9H2,(H,14,15). The second-order valence-corrected chi connectivity index (χ2v) is 7.31. The molecule has 0 radical (unpaired) electrons. The van der Waals surface area contributed by atoms with Crippen molar-refractivity contribution in [2.45, 2.75) is 31.7 Å². The molecule has 2 fully saturated rings. The third-order valence-corrected chi connectivity index (χ3v) is 5.34. The summed E-state index contributed by atoms with van der Waals surface area (Å²) in [6, 6.07) is 0.672. The zero-order valence-electron chi connectivity index (χ0n) is 11.4. The van der Waals surface area contributed by atoms with Crippen LogP contribution >= 0.6 is 0 Å². The Bertz CT molecular complexity index is 526. The molecule has 1 unspecified atom stereocenters. The summed E-state index contributed by atoms with van der Waals surface area (Å²) in [7, 11) is -3.47. The van der Waals surface area contributed by atoms with Crippen LogP contribution in [-0.2, 0) is 10.2 Å². The Balaban J connectivity index is 1.57. The molecule has 3 N–H and O–H groups in total. The highest BCUT2D eigenvalue weighted by Crippen LogP contribution is 2.23. The molecule has 3 rings (SSSR count). The van der Waals surface area contributed by atoms with E-state index < -0.39 is 10.2 Å². The second kappa shape index (κ2) is 5.71. The molecule has 2 aliphatic rings. The molecule has 112 valence electrons. The van der Waals surface area contributed by atoms with E-state index in [2.05, 4.69) is 20.2 Å². The van der Waals surface area contributed by atoms with E-state index >= 15 is 0 Å². The Morgan fingerprint density at radius 1 is 1.40 bits per heavy atom. The van der Waals surface area contributed by atoms with Gasteiger partial charge in [-0.3, -0.25) is 9.82 Å². The number of nitrogens with one attached hydrogen (secondary N) is 3. The summed E-state index contributed by atoms with van der Waals surface area (Å²) in [5.74, 6) is 0.408. The van der Waals surface area contributed by atoms with Crippen LogP contribution in [0.5, 0.6) is 0 Å². The molecule has 1 atom stereocenters. The zero-order chi connectivity index (χ0) is 14.0. The number of rotatable bonds is 6. The van der Waals surface area contributed by atoms with Crippen LogP contribution in [0.1, 0.15) is 25.7 Å². The van der Waals surface area contributed by atoms with E-state index in [-0.39, 0.29) is 0 Å². The average molecular weight is 299 g/mol. The molecule has 1 aromatic rings. The Morgan fingerprint density at radius 2 is 2.25 bits per heavy atom. The first-order valence-corrected chi connectivity index (χ1v) is 8.57. The lowest BCUT2D eigenvalue weighted by Crippen LogP contribution is -2.45. The smallest absolute Gasteiger partial charge is 0.301 e. The number of anilines is 1. The molecular formula is C12H21N5O2S. The first-order valence-electron chi connectivity index (χ1n) is 7.13. The van der Waals surface area contributed by atoms with Crippen LogP contribution in [0.3, 0.4) is 0 Å². The maximum absolute atomic E-state index is 12.3. The first-order chi connectivity index (χ1) is 9.63. The zero-order valence-corrected chi connectivity index (χ0v) is 12.2. The van der Waals surface area contributed by atoms with Gasteiger partial charge in [-0.05, 0) is 38.1 Å². The number of piperidine rings is 1. The number of aromatic nitrogens is 2. The molecule has 0 spiro atoms. The SMILES string of the molecule is O=S(=O)(Nc1cn[nH]c1)N1CCCC(CNC2CC2)C1. The van der Waals surface area contributed by atoms with Crippen LogP contribution in [0.25, 0.3) is 0 Å². The highest BCUT2D eigenvalue weighted by Gasteiger charge is 2.30. The average Bonchev–Trinajstić information content (AvgIpc) is 3.14. The summed E-state index contributed by atoms with van der Waals surface area (Å²) in [5.41, 5.74) is 0.475. The molecule has 1 saturated heterocycles. The van der Waals surface area contributed by atoms with Crippen molar-refractivity contribution in [1.82, 2.24) is 19.8 Å². The topological polar surface area (TPSA) is 90.1 Å². The molecule has 1 saturated carbocycles. The molecule has 0 bridgehead atoms. The molecule has 1 aliphatic carbocycles. The monoisotopic (exact) mass is 299 g/mol. The summed E-state index contributed by atoms with van der Waals surface area (Å²) in [6.07, 6.45) is 7.54. The molecule has 1 aliphatic heterocycles. The third kappa shape index (κ3) is 3.50. The van der Waals surface area contributed by atoms with Gasteiger partial charge in [0.15, 0.2) is 0 Å². The van der Waals surface area contributed by atoms with Gasteiger partial charge in [-0.2, -0.15) is 17.8 Å².